The third-order valence-electron chi connectivity index (χ3n) is 2.70. The zero-order chi connectivity index (χ0) is 17.6. The minimum absolute atomic E-state index is 0.00950. The average molecular weight is 324 g/mol. The predicted octanol–water partition coefficient (Wildman–Crippen LogP) is 2.52. The Labute approximate surface area is 133 Å². The highest BCUT2D eigenvalue weighted by atomic mass is 16.6. The Morgan fingerprint density at radius 3 is 2.48 bits per heavy atom. The van der Waals surface area contributed by atoms with Gasteiger partial charge in [-0.15, -0.1) is 0 Å². The highest BCUT2D eigenvalue weighted by Gasteiger charge is 2.24. The highest BCUT2D eigenvalue weighted by Crippen LogP contribution is 2.29. The van der Waals surface area contributed by atoms with E-state index in [1.54, 1.807) is 27.7 Å². The molecule has 0 heterocycles. The van der Waals surface area contributed by atoms with E-state index in [0.29, 0.717) is 12.4 Å². The lowest BCUT2D eigenvalue weighted by Gasteiger charge is -2.16. The summed E-state index contributed by atoms with van der Waals surface area (Å²) in [6.07, 6.45) is 0. The fourth-order valence-electron chi connectivity index (χ4n) is 1.56. The maximum Gasteiger partial charge on any atom is 0.311 e. The van der Waals surface area contributed by atoms with Crippen molar-refractivity contribution in [2.75, 3.05) is 18.5 Å². The number of hydrogen-bond donors (Lipinski definition) is 1. The SMILES string of the molecule is CCOc1ccc(NC(=O)COC(=O)C(C)(C)C)c([N+](=O)[O-])c1. The first-order valence-corrected chi connectivity index (χ1v) is 7.03. The number of benzene rings is 1. The van der Waals surface area contributed by atoms with E-state index in [1.807, 2.05) is 0 Å². The number of rotatable bonds is 6. The van der Waals surface area contributed by atoms with E-state index in [-0.39, 0.29) is 11.4 Å². The summed E-state index contributed by atoms with van der Waals surface area (Å²) >= 11 is 0. The van der Waals surface area contributed by atoms with Crippen LogP contribution in [0.4, 0.5) is 11.4 Å². The largest absolute Gasteiger partial charge is 0.494 e. The number of nitrogens with zero attached hydrogens (tertiary/aromatic N) is 1. The van der Waals surface area contributed by atoms with Gasteiger partial charge in [0.25, 0.3) is 11.6 Å². The van der Waals surface area contributed by atoms with E-state index in [1.165, 1.54) is 18.2 Å². The van der Waals surface area contributed by atoms with Crippen molar-refractivity contribution in [1.82, 2.24) is 0 Å². The van der Waals surface area contributed by atoms with E-state index >= 15 is 0 Å². The topological polar surface area (TPSA) is 108 Å². The molecule has 1 aromatic rings. The second-order valence-corrected chi connectivity index (χ2v) is 5.74. The van der Waals surface area contributed by atoms with Crippen LogP contribution in [0.3, 0.4) is 0 Å². The van der Waals surface area contributed by atoms with Gasteiger partial charge in [0.15, 0.2) is 6.61 Å². The number of carbonyl (C=O) groups excluding carboxylic acids is 2. The smallest absolute Gasteiger partial charge is 0.311 e. The number of hydrogen-bond acceptors (Lipinski definition) is 6. The molecular weight excluding hydrogens is 304 g/mol. The number of nitro benzene ring substituents is 1. The monoisotopic (exact) mass is 324 g/mol. The average Bonchev–Trinajstić information content (AvgIpc) is 2.45. The normalized spacial score (nSPS) is 10.8. The molecule has 126 valence electrons. The van der Waals surface area contributed by atoms with Crippen LogP contribution in [0.2, 0.25) is 0 Å². The lowest BCUT2D eigenvalue weighted by molar-refractivity contribution is -0.384. The quantitative estimate of drug-likeness (QED) is 0.489. The fraction of sp³-hybridized carbons (Fsp3) is 0.467. The van der Waals surface area contributed by atoms with Gasteiger partial charge in [-0.05, 0) is 39.8 Å². The number of nitrogens with one attached hydrogen (secondary N) is 1. The predicted molar refractivity (Wildman–Crippen MR) is 83.3 cm³/mol. The van der Waals surface area contributed by atoms with Crippen LogP contribution in [0.25, 0.3) is 0 Å². The first kappa shape index (κ1) is 18.4. The van der Waals surface area contributed by atoms with Gasteiger partial charge >= 0.3 is 5.97 Å². The molecule has 0 radical (unpaired) electrons. The molecule has 8 heteroatoms. The molecule has 0 atom stereocenters. The van der Waals surface area contributed by atoms with Gasteiger partial charge in [-0.2, -0.15) is 0 Å². The Morgan fingerprint density at radius 2 is 1.96 bits per heavy atom. The zero-order valence-corrected chi connectivity index (χ0v) is 13.5. The molecule has 0 bridgehead atoms. The summed E-state index contributed by atoms with van der Waals surface area (Å²) in [6, 6.07) is 4.10. The molecule has 1 rings (SSSR count). The standard InChI is InChI=1S/C15H20N2O6/c1-5-22-10-6-7-11(12(8-10)17(20)21)16-13(18)9-23-14(19)15(2,3)4/h6-8H,5,9H2,1-4H3,(H,16,18). The molecule has 0 saturated heterocycles. The van der Waals surface area contributed by atoms with Crippen LogP contribution in [0.5, 0.6) is 5.75 Å². The maximum absolute atomic E-state index is 11.8. The van der Waals surface area contributed by atoms with Gasteiger partial charge in [0.1, 0.15) is 11.4 Å². The molecule has 0 fully saturated rings. The van der Waals surface area contributed by atoms with Gasteiger partial charge in [-0.3, -0.25) is 19.7 Å². The molecule has 23 heavy (non-hydrogen) atoms. The van der Waals surface area contributed by atoms with Gasteiger partial charge in [0.05, 0.1) is 23.0 Å². The van der Waals surface area contributed by atoms with Crippen molar-refractivity contribution in [3.63, 3.8) is 0 Å². The second kappa shape index (κ2) is 7.57. The molecule has 0 aromatic heterocycles. The lowest BCUT2D eigenvalue weighted by atomic mass is 9.97. The molecule has 8 nitrogen and oxygen atoms in total. The van der Waals surface area contributed by atoms with Crippen LogP contribution >= 0.6 is 0 Å². The number of anilines is 1. The molecule has 0 unspecified atom stereocenters. The van der Waals surface area contributed by atoms with E-state index < -0.39 is 28.8 Å². The van der Waals surface area contributed by atoms with Gasteiger partial charge in [-0.25, -0.2) is 0 Å². The summed E-state index contributed by atoms with van der Waals surface area (Å²) in [5, 5.41) is 13.4. The maximum atomic E-state index is 11.8. The molecule has 0 spiro atoms. The fourth-order valence-corrected chi connectivity index (χ4v) is 1.56. The number of amides is 1. The van der Waals surface area contributed by atoms with Crippen molar-refractivity contribution in [3.8, 4) is 5.75 Å². The van der Waals surface area contributed by atoms with E-state index in [4.69, 9.17) is 9.47 Å². The summed E-state index contributed by atoms with van der Waals surface area (Å²) < 4.78 is 10.0. The van der Waals surface area contributed by atoms with Gasteiger partial charge < -0.3 is 14.8 Å². The Kier molecular flexibility index (Phi) is 6.06. The van der Waals surface area contributed by atoms with Crippen LogP contribution < -0.4 is 10.1 Å². The Bertz CT molecular complexity index is 606. The second-order valence-electron chi connectivity index (χ2n) is 5.74. The molecule has 1 amide bonds. The van der Waals surface area contributed by atoms with E-state index in [2.05, 4.69) is 5.32 Å². The molecular formula is C15H20N2O6. The number of esters is 1. The van der Waals surface area contributed by atoms with Crippen molar-refractivity contribution in [1.29, 1.82) is 0 Å². The first-order valence-electron chi connectivity index (χ1n) is 7.03. The Hall–Kier alpha value is -2.64. The Morgan fingerprint density at radius 1 is 1.30 bits per heavy atom. The van der Waals surface area contributed by atoms with Gasteiger partial charge in [-0.1, -0.05) is 0 Å². The zero-order valence-electron chi connectivity index (χ0n) is 13.5. The summed E-state index contributed by atoms with van der Waals surface area (Å²) in [5.41, 5.74) is -1.02. The van der Waals surface area contributed by atoms with Crippen molar-refractivity contribution in [2.45, 2.75) is 27.7 Å². The molecule has 0 saturated carbocycles. The van der Waals surface area contributed by atoms with Crippen molar-refractivity contribution in [3.05, 3.63) is 28.3 Å². The van der Waals surface area contributed by atoms with Crippen molar-refractivity contribution < 1.29 is 24.0 Å². The van der Waals surface area contributed by atoms with E-state index in [9.17, 15) is 19.7 Å². The minimum Gasteiger partial charge on any atom is -0.494 e. The van der Waals surface area contributed by atoms with Crippen LogP contribution in [0.1, 0.15) is 27.7 Å². The van der Waals surface area contributed by atoms with Crippen LogP contribution in [-0.4, -0.2) is 30.0 Å². The first-order chi connectivity index (χ1) is 10.6. The number of ether oxygens (including phenoxy) is 2. The summed E-state index contributed by atoms with van der Waals surface area (Å²) in [6.45, 7) is 6.58. The molecule has 1 aromatic carbocycles. The van der Waals surface area contributed by atoms with Crippen molar-refractivity contribution >= 4 is 23.3 Å². The van der Waals surface area contributed by atoms with Crippen molar-refractivity contribution in [2.24, 2.45) is 5.41 Å². The molecule has 1 N–H and O–H groups in total. The summed E-state index contributed by atoms with van der Waals surface area (Å²) in [7, 11) is 0. The minimum atomic E-state index is -0.731. The van der Waals surface area contributed by atoms with Crippen LogP contribution in [0.15, 0.2) is 18.2 Å². The Balaban J connectivity index is 2.78. The third kappa shape index (κ3) is 5.57. The molecule has 0 aliphatic carbocycles. The van der Waals surface area contributed by atoms with Crippen LogP contribution in [0, 0.1) is 15.5 Å². The van der Waals surface area contributed by atoms with Crippen LogP contribution in [-0.2, 0) is 14.3 Å². The molecule has 0 aliphatic rings. The number of nitro groups is 1. The summed E-state index contributed by atoms with van der Waals surface area (Å²) in [4.78, 5) is 33.8. The molecule has 0 aliphatic heterocycles. The highest BCUT2D eigenvalue weighted by molar-refractivity contribution is 5.95. The van der Waals surface area contributed by atoms with E-state index in [0.717, 1.165) is 0 Å². The van der Waals surface area contributed by atoms with Gasteiger partial charge in [0.2, 0.25) is 0 Å². The number of carbonyl (C=O) groups is 2. The third-order valence-corrected chi connectivity index (χ3v) is 2.70. The lowest BCUT2D eigenvalue weighted by Crippen LogP contribution is -2.28. The summed E-state index contributed by atoms with van der Waals surface area (Å²) in [5.74, 6) is -0.861. The van der Waals surface area contributed by atoms with Gasteiger partial charge in [0, 0.05) is 0 Å².